The molecule has 3 aromatic rings. The van der Waals surface area contributed by atoms with Crippen LogP contribution in [0.4, 0.5) is 0 Å². The standard InChI is InChI=1S/C82H133N17O17/c1-13-14-15-16-17-18-19-20-21-22-23-24-25-34-65(104)95-66(48(6)7)77(112)98-69(53(12)102)80(115)94-63(42-47(4)5)81(116)99-40-29-33-64(99)76(111)92-60(41-46(2)3)74(109)91-62(44-55-45-87-58-31-27-26-30-57(55)58)73(108)88-50(9)72(107)96-68(52(11)101)79(114)93-61(43-54-35-37-56(103)38-36-54)75(110)97-67(51(10)100)78(113)89-49(8)71(106)90-59(70(83)105)32-28-39-86-82(84)85/h26-27,30-31,35-38,45-53,59-64,66-69,87,100-103H,13-25,28-29,32-34,39-44H2,1-12H3,(H2,83,105)(H,88,108)(H,89,113)(H,90,106)(H,91,109)(H,92,111)(H,93,114)(H,94,115)(H,95,104)(H,96,107)(H,97,110)(H,98,112)(H4,84,85,86)/t49-,50-,51+,52+,53+,59-,60-,61-,62-,63-,64-,66-,67-,68-,69-/m0/s1. The van der Waals surface area contributed by atoms with Crippen molar-refractivity contribution in [3.63, 3.8) is 0 Å². The Morgan fingerprint density at radius 2 is 0.931 bits per heavy atom. The van der Waals surface area contributed by atoms with Gasteiger partial charge in [-0.25, -0.2) is 0 Å². The van der Waals surface area contributed by atoms with Crippen LogP contribution in [0.1, 0.15) is 223 Å². The monoisotopic (exact) mass is 1630 g/mol. The molecule has 34 nitrogen and oxygen atoms in total. The van der Waals surface area contributed by atoms with Crippen molar-refractivity contribution in [3.05, 3.63) is 65.9 Å². The lowest BCUT2D eigenvalue weighted by atomic mass is 9.99. The minimum absolute atomic E-state index is 0.0285. The van der Waals surface area contributed by atoms with Crippen molar-refractivity contribution in [1.82, 2.24) is 68.4 Å². The Hall–Kier alpha value is -9.96. The molecule has 1 fully saturated rings. The molecule has 15 atom stereocenters. The van der Waals surface area contributed by atoms with Crippen LogP contribution < -0.4 is 75.7 Å². The van der Waals surface area contributed by atoms with E-state index >= 15 is 0 Å². The number of nitrogens with two attached hydrogens (primary N) is 3. The first-order valence-corrected chi connectivity index (χ1v) is 41.2. The van der Waals surface area contributed by atoms with Gasteiger partial charge in [0.15, 0.2) is 5.96 Å². The number of aliphatic hydroxyl groups is 3. The number of unbranched alkanes of at least 4 members (excludes halogenated alkanes) is 12. The molecule has 13 amide bonds. The normalized spacial score (nSPS) is 16.4. The van der Waals surface area contributed by atoms with Gasteiger partial charge in [-0.3, -0.25) is 67.3 Å². The number of aliphatic imine (C=N–C) groups is 1. The van der Waals surface area contributed by atoms with E-state index in [2.05, 4.69) is 75.4 Å². The summed E-state index contributed by atoms with van der Waals surface area (Å²) in [5.41, 5.74) is 17.8. The van der Waals surface area contributed by atoms with Crippen LogP contribution in [0.25, 0.3) is 10.9 Å². The van der Waals surface area contributed by atoms with E-state index in [-0.39, 0.29) is 93.9 Å². The van der Waals surface area contributed by atoms with Crippen LogP contribution in [-0.4, -0.2) is 217 Å². The van der Waals surface area contributed by atoms with Gasteiger partial charge in [0.25, 0.3) is 0 Å². The molecule has 0 aliphatic carbocycles. The lowest BCUT2D eigenvalue weighted by Gasteiger charge is -2.32. The number of rotatable bonds is 53. The number of H-pyrrole nitrogens is 1. The zero-order valence-corrected chi connectivity index (χ0v) is 69.8. The average Bonchev–Trinajstić information content (AvgIpc) is 1.64. The van der Waals surface area contributed by atoms with Gasteiger partial charge in [0.05, 0.1) is 18.3 Å². The van der Waals surface area contributed by atoms with E-state index < -0.39 is 168 Å². The topological polar surface area (TPSA) is 545 Å². The summed E-state index contributed by atoms with van der Waals surface area (Å²) in [5, 5.41) is 72.1. The number of guanidine groups is 1. The summed E-state index contributed by atoms with van der Waals surface area (Å²) in [6.07, 6.45) is 12.3. The number of para-hydroxylation sites is 1. The molecule has 0 spiro atoms. The average molecular weight is 1630 g/mol. The highest BCUT2D eigenvalue weighted by Crippen LogP contribution is 2.24. The van der Waals surface area contributed by atoms with Crippen LogP contribution >= 0.6 is 0 Å². The van der Waals surface area contributed by atoms with Crippen molar-refractivity contribution in [2.45, 2.75) is 315 Å². The third-order valence-electron chi connectivity index (χ3n) is 20.3. The Balaban J connectivity index is 1.50. The second kappa shape index (κ2) is 50.5. The number of aromatic hydroxyl groups is 1. The number of benzene rings is 2. The third kappa shape index (κ3) is 34.1. The van der Waals surface area contributed by atoms with Gasteiger partial charge < -0.3 is 106 Å². The Morgan fingerprint density at radius 3 is 1.47 bits per heavy atom. The predicted molar refractivity (Wildman–Crippen MR) is 439 cm³/mol. The maximum atomic E-state index is 14.9. The van der Waals surface area contributed by atoms with E-state index in [0.717, 1.165) is 39.5 Å². The van der Waals surface area contributed by atoms with Crippen molar-refractivity contribution in [3.8, 4) is 5.75 Å². The van der Waals surface area contributed by atoms with Crippen LogP contribution in [0.15, 0.2) is 59.7 Å². The van der Waals surface area contributed by atoms with Gasteiger partial charge >= 0.3 is 0 Å². The molecular formula is C82H133N17O17. The number of fused-ring (bicyclic) bond motifs is 1. The van der Waals surface area contributed by atoms with Crippen molar-refractivity contribution in [1.29, 1.82) is 0 Å². The molecule has 0 saturated carbocycles. The molecule has 1 aliphatic rings. The molecule has 4 rings (SSSR count). The van der Waals surface area contributed by atoms with Crippen molar-refractivity contribution < 1.29 is 82.8 Å². The van der Waals surface area contributed by atoms with Crippen molar-refractivity contribution >= 4 is 93.7 Å². The number of amides is 13. The summed E-state index contributed by atoms with van der Waals surface area (Å²) >= 11 is 0. The molecule has 2 aromatic carbocycles. The van der Waals surface area contributed by atoms with Crippen molar-refractivity contribution in [2.75, 3.05) is 13.1 Å². The fourth-order valence-electron chi connectivity index (χ4n) is 13.7. The molecule has 34 heteroatoms. The number of carbonyl (C=O) groups excluding carboxylic acids is 13. The van der Waals surface area contributed by atoms with Crippen LogP contribution in [0.5, 0.6) is 5.75 Å². The number of hydrogen-bond acceptors (Lipinski definition) is 18. The summed E-state index contributed by atoms with van der Waals surface area (Å²) in [7, 11) is 0. The van der Waals surface area contributed by atoms with Crippen LogP contribution in [-0.2, 0) is 75.2 Å². The third-order valence-corrected chi connectivity index (χ3v) is 20.3. The summed E-state index contributed by atoms with van der Waals surface area (Å²) in [6, 6.07) is -4.63. The van der Waals surface area contributed by atoms with E-state index in [4.69, 9.17) is 17.2 Å². The van der Waals surface area contributed by atoms with Crippen LogP contribution in [0.2, 0.25) is 0 Å². The maximum absolute atomic E-state index is 14.9. The Labute approximate surface area is 681 Å². The fourth-order valence-corrected chi connectivity index (χ4v) is 13.7. The van der Waals surface area contributed by atoms with Crippen LogP contribution in [0, 0.1) is 17.8 Å². The molecule has 1 aliphatic heterocycles. The highest BCUT2D eigenvalue weighted by molar-refractivity contribution is 6.00. The number of phenols is 1. The van der Waals surface area contributed by atoms with Gasteiger partial charge in [0.2, 0.25) is 76.8 Å². The number of nitrogens with zero attached hydrogens (tertiary/aromatic N) is 2. The van der Waals surface area contributed by atoms with E-state index in [9.17, 15) is 82.8 Å². The number of aliphatic hydroxyl groups excluding tert-OH is 3. The molecular weight excluding hydrogens is 1500 g/mol. The van der Waals surface area contributed by atoms with Gasteiger partial charge in [-0.1, -0.05) is 156 Å². The molecule has 2 heterocycles. The second-order valence-corrected chi connectivity index (χ2v) is 32.0. The highest BCUT2D eigenvalue weighted by atomic mass is 16.3. The summed E-state index contributed by atoms with van der Waals surface area (Å²) in [4.78, 5) is 191. The number of primary amides is 1. The van der Waals surface area contributed by atoms with Crippen molar-refractivity contribution in [2.24, 2.45) is 39.9 Å². The van der Waals surface area contributed by atoms with Crippen LogP contribution in [0.3, 0.4) is 0 Å². The molecule has 116 heavy (non-hydrogen) atoms. The lowest BCUT2D eigenvalue weighted by Crippen LogP contribution is -2.63. The first-order chi connectivity index (χ1) is 54.8. The number of aromatic amines is 1. The zero-order valence-electron chi connectivity index (χ0n) is 69.8. The largest absolute Gasteiger partial charge is 0.508 e. The number of likely N-dealkylation sites (tertiary alicyclic amines) is 1. The van der Waals surface area contributed by atoms with Gasteiger partial charge in [-0.05, 0) is 127 Å². The molecule has 648 valence electrons. The molecule has 1 aromatic heterocycles. The quantitative estimate of drug-likeness (QED) is 0.0218. The number of aromatic nitrogens is 1. The van der Waals surface area contributed by atoms with Gasteiger partial charge in [0.1, 0.15) is 78.3 Å². The molecule has 0 unspecified atom stereocenters. The molecule has 22 N–H and O–H groups in total. The van der Waals surface area contributed by atoms with E-state index in [1.807, 2.05) is 13.8 Å². The maximum Gasteiger partial charge on any atom is 0.245 e. The Kier molecular flexibility index (Phi) is 42.8. The number of hydrogen-bond donors (Lipinski definition) is 19. The first-order valence-electron chi connectivity index (χ1n) is 41.2. The minimum atomic E-state index is -1.86. The van der Waals surface area contributed by atoms with E-state index in [1.54, 1.807) is 58.2 Å². The number of carbonyl (C=O) groups is 13. The van der Waals surface area contributed by atoms with E-state index in [0.29, 0.717) is 34.9 Å². The fraction of sp³-hybridized carbons (Fsp3) is 0.659. The van der Waals surface area contributed by atoms with Gasteiger partial charge in [0, 0.05) is 49.5 Å². The number of phenolic OH excluding ortho intramolecular Hbond substituents is 1. The first kappa shape index (κ1) is 98.4. The number of nitrogens with one attached hydrogen (secondary N) is 12. The molecule has 0 bridgehead atoms. The SMILES string of the molecule is CCCCCCCCCCCCCCCC(=O)N[C@H](C(=O)N[C@H](C(=O)N[C@@H](CC(C)C)C(=O)N1CCC[C@H]1C(=O)N[C@@H](CC(C)C)C(=O)N[C@@H](Cc1c[nH]c2ccccc12)C(=O)N[C@@H](C)C(=O)N[C@H](C(=O)N[C@@H](Cc1ccc(O)cc1)C(=O)N[C@H](C(=O)N[C@@H](C)C(=O)N[C@@H](CCCN=C(N)N)C(N)=O)[C@@H](C)O)[C@@H](C)O)[C@@H](C)O)C(C)C. The molecule has 1 saturated heterocycles. The molecule has 0 radical (unpaired) electrons. The van der Waals surface area contributed by atoms with Gasteiger partial charge in [-0.2, -0.15) is 0 Å². The smallest absolute Gasteiger partial charge is 0.245 e. The highest BCUT2D eigenvalue weighted by Gasteiger charge is 2.42. The predicted octanol–water partition coefficient (Wildman–Crippen LogP) is 1.93. The zero-order chi connectivity index (χ0) is 86.5. The Bertz CT molecular complexity index is 3710. The Morgan fingerprint density at radius 1 is 0.483 bits per heavy atom. The summed E-state index contributed by atoms with van der Waals surface area (Å²) in [5.74, 6) is -12.3. The van der Waals surface area contributed by atoms with Gasteiger partial charge in [-0.15, -0.1) is 0 Å². The lowest BCUT2D eigenvalue weighted by molar-refractivity contribution is -0.143. The minimum Gasteiger partial charge on any atom is -0.508 e. The summed E-state index contributed by atoms with van der Waals surface area (Å²) in [6.45, 7) is 19.3. The second-order valence-electron chi connectivity index (χ2n) is 32.0. The summed E-state index contributed by atoms with van der Waals surface area (Å²) < 4.78 is 0. The van der Waals surface area contributed by atoms with E-state index in [1.165, 1.54) is 101 Å².